The van der Waals surface area contributed by atoms with E-state index in [9.17, 15) is 0 Å². The second-order valence-electron chi connectivity index (χ2n) is 5.67. The van der Waals surface area contributed by atoms with Gasteiger partial charge in [0.25, 0.3) is 0 Å². The maximum atomic E-state index is 6.55. The molecule has 0 aliphatic carbocycles. The third kappa shape index (κ3) is 2.51. The molecule has 1 rings (SSSR count). The molecule has 0 amide bonds. The van der Waals surface area contributed by atoms with Crippen LogP contribution in [0.15, 0.2) is 24.1 Å². The average Bonchev–Trinajstić information content (AvgIpc) is 2.64. The van der Waals surface area contributed by atoms with Crippen LogP contribution in [0.2, 0.25) is 16.6 Å². The molecule has 16 heavy (non-hydrogen) atoms. The van der Waals surface area contributed by atoms with Crippen molar-refractivity contribution in [2.75, 3.05) is 0 Å². The quantitative estimate of drug-likeness (QED) is 0.644. The van der Waals surface area contributed by atoms with Crippen LogP contribution in [0.5, 0.6) is 0 Å². The molecule has 1 nitrogen and oxygen atoms in total. The van der Waals surface area contributed by atoms with Gasteiger partial charge >= 0.3 is 6.92 Å². The molecule has 0 saturated carbocycles. The first-order valence-corrected chi connectivity index (χ1v) is 8.58. The Bertz CT molecular complexity index is 248. The summed E-state index contributed by atoms with van der Waals surface area (Å²) in [4.78, 5) is 0. The molecule has 1 aliphatic heterocycles. The van der Waals surface area contributed by atoms with Gasteiger partial charge in [-0.1, -0.05) is 65.6 Å². The second kappa shape index (κ2) is 5.37. The van der Waals surface area contributed by atoms with Crippen LogP contribution in [0.3, 0.4) is 0 Å². The monoisotopic (exact) mass is 236 g/mol. The summed E-state index contributed by atoms with van der Waals surface area (Å²) in [6.45, 7) is 14.2. The minimum Gasteiger partial charge on any atom is -0.469 e. The Balaban J connectivity index is 2.92. The van der Waals surface area contributed by atoms with Crippen LogP contribution in [-0.2, 0) is 4.34 Å². The Hall–Kier alpha value is -0.278. The molecular weight excluding hydrogens is 211 g/mol. The van der Waals surface area contributed by atoms with Crippen LogP contribution in [0.4, 0.5) is 0 Å². The number of rotatable bonds is 5. The topological polar surface area (TPSA) is 9.23 Å². The van der Waals surface area contributed by atoms with Gasteiger partial charge in [0, 0.05) is 0 Å². The predicted molar refractivity (Wildman–Crippen MR) is 76.2 cm³/mol. The van der Waals surface area contributed by atoms with Crippen LogP contribution in [0.1, 0.15) is 41.5 Å². The number of hydrogen-bond donors (Lipinski definition) is 0. The van der Waals surface area contributed by atoms with E-state index in [1.54, 1.807) is 0 Å². The highest BCUT2D eigenvalue weighted by molar-refractivity contribution is 6.85. The smallest absolute Gasteiger partial charge is 0.335 e. The lowest BCUT2D eigenvalue weighted by molar-refractivity contribution is 0.501. The fraction of sp³-hybridized carbons (Fsp3) is 0.692. The molecule has 0 saturated heterocycles. The van der Waals surface area contributed by atoms with Gasteiger partial charge in [0.15, 0.2) is 8.32 Å². The van der Waals surface area contributed by atoms with Crippen LogP contribution in [0.25, 0.3) is 0 Å². The standard InChI is InChI=1S/C13H25BOSi/c1-11(2)16(12(3)4,13(5)6)15-14-9-7-8-10-14/h7-13H,1-6H3. The van der Waals surface area contributed by atoms with Crippen molar-refractivity contribution in [3.8, 4) is 0 Å². The van der Waals surface area contributed by atoms with E-state index < -0.39 is 8.32 Å². The van der Waals surface area contributed by atoms with Gasteiger partial charge in [-0.3, -0.25) is 0 Å². The molecule has 0 aromatic rings. The lowest BCUT2D eigenvalue weighted by Gasteiger charge is -2.43. The molecule has 0 spiro atoms. The van der Waals surface area contributed by atoms with E-state index in [1.165, 1.54) is 0 Å². The molecular formula is C13H25BOSi. The molecule has 0 fully saturated rings. The summed E-state index contributed by atoms with van der Waals surface area (Å²) in [5.74, 6) is 4.32. The van der Waals surface area contributed by atoms with Crippen molar-refractivity contribution in [3.05, 3.63) is 24.1 Å². The highest BCUT2D eigenvalue weighted by Gasteiger charge is 2.46. The summed E-state index contributed by atoms with van der Waals surface area (Å²) in [6, 6.07) is 0. The summed E-state index contributed by atoms with van der Waals surface area (Å²) < 4.78 is 6.55. The first kappa shape index (κ1) is 13.8. The molecule has 0 aromatic carbocycles. The van der Waals surface area contributed by atoms with E-state index in [0.717, 1.165) is 0 Å². The van der Waals surface area contributed by atoms with Gasteiger partial charge in [-0.05, 0) is 16.6 Å². The highest BCUT2D eigenvalue weighted by Crippen LogP contribution is 2.42. The number of hydrogen-bond acceptors (Lipinski definition) is 1. The highest BCUT2D eigenvalue weighted by atomic mass is 28.4. The van der Waals surface area contributed by atoms with Crippen LogP contribution in [-0.4, -0.2) is 15.2 Å². The molecule has 90 valence electrons. The van der Waals surface area contributed by atoms with E-state index >= 15 is 0 Å². The fourth-order valence-corrected chi connectivity index (χ4v) is 8.58. The minimum atomic E-state index is -1.70. The van der Waals surface area contributed by atoms with Crippen molar-refractivity contribution in [1.29, 1.82) is 0 Å². The van der Waals surface area contributed by atoms with E-state index in [-0.39, 0.29) is 6.92 Å². The van der Waals surface area contributed by atoms with E-state index in [1.807, 2.05) is 0 Å². The Kier molecular flexibility index (Phi) is 4.63. The SMILES string of the molecule is CC(C)[Si](OB1C=CC=C1)(C(C)C)C(C)C. The summed E-state index contributed by atoms with van der Waals surface area (Å²) in [7, 11) is -1.70. The van der Waals surface area contributed by atoms with Gasteiger partial charge in [0.05, 0.1) is 0 Å². The Morgan fingerprint density at radius 2 is 1.19 bits per heavy atom. The van der Waals surface area contributed by atoms with Gasteiger partial charge in [-0.25, -0.2) is 0 Å². The molecule has 1 heterocycles. The Morgan fingerprint density at radius 1 is 0.812 bits per heavy atom. The maximum Gasteiger partial charge on any atom is 0.335 e. The zero-order chi connectivity index (χ0) is 12.3. The van der Waals surface area contributed by atoms with Gasteiger partial charge in [-0.15, -0.1) is 0 Å². The van der Waals surface area contributed by atoms with Crippen molar-refractivity contribution in [3.63, 3.8) is 0 Å². The zero-order valence-corrected chi connectivity index (χ0v) is 12.5. The summed E-state index contributed by atoms with van der Waals surface area (Å²) in [5.41, 5.74) is 1.99. The second-order valence-corrected chi connectivity index (χ2v) is 11.1. The molecule has 1 aliphatic rings. The Morgan fingerprint density at radius 3 is 1.50 bits per heavy atom. The van der Waals surface area contributed by atoms with Crippen LogP contribution < -0.4 is 0 Å². The van der Waals surface area contributed by atoms with E-state index in [0.29, 0.717) is 16.6 Å². The van der Waals surface area contributed by atoms with Gasteiger partial charge in [0.1, 0.15) is 0 Å². The predicted octanol–water partition coefficient (Wildman–Crippen LogP) is 4.37. The summed E-state index contributed by atoms with van der Waals surface area (Å²) in [6.07, 6.45) is 4.18. The Labute approximate surface area is 102 Å². The average molecular weight is 236 g/mol. The first-order valence-electron chi connectivity index (χ1n) is 6.44. The lowest BCUT2D eigenvalue weighted by atomic mass is 9.72. The van der Waals surface area contributed by atoms with Gasteiger partial charge < -0.3 is 4.34 Å². The molecule has 0 aromatic heterocycles. The third-order valence-electron chi connectivity index (χ3n) is 3.76. The van der Waals surface area contributed by atoms with Crippen molar-refractivity contribution in [1.82, 2.24) is 0 Å². The van der Waals surface area contributed by atoms with Crippen molar-refractivity contribution >= 4 is 15.2 Å². The molecule has 0 radical (unpaired) electrons. The molecule has 3 heteroatoms. The maximum absolute atomic E-state index is 6.55. The van der Waals surface area contributed by atoms with Crippen molar-refractivity contribution in [2.24, 2.45) is 0 Å². The third-order valence-corrected chi connectivity index (χ3v) is 9.85. The zero-order valence-electron chi connectivity index (χ0n) is 11.5. The molecule has 0 N–H and O–H groups in total. The molecule has 0 unspecified atom stereocenters. The minimum absolute atomic E-state index is 0.221. The summed E-state index contributed by atoms with van der Waals surface area (Å²) in [5, 5.41) is 0. The summed E-state index contributed by atoms with van der Waals surface area (Å²) >= 11 is 0. The molecule has 0 bridgehead atoms. The van der Waals surface area contributed by atoms with Crippen molar-refractivity contribution < 1.29 is 4.34 Å². The number of allylic oxidation sites excluding steroid dienone is 2. The van der Waals surface area contributed by atoms with Gasteiger partial charge in [-0.2, -0.15) is 0 Å². The normalized spacial score (nSPS) is 16.2. The lowest BCUT2D eigenvalue weighted by Crippen LogP contribution is -2.50. The first-order chi connectivity index (χ1) is 7.41. The van der Waals surface area contributed by atoms with Gasteiger partial charge in [0.2, 0.25) is 0 Å². The van der Waals surface area contributed by atoms with Crippen molar-refractivity contribution in [2.45, 2.75) is 58.2 Å². The van der Waals surface area contributed by atoms with E-state index in [2.05, 4.69) is 65.6 Å². The van der Waals surface area contributed by atoms with E-state index in [4.69, 9.17) is 4.34 Å². The molecule has 0 atom stereocenters. The largest absolute Gasteiger partial charge is 0.469 e. The van der Waals surface area contributed by atoms with Crippen LogP contribution >= 0.6 is 0 Å². The fourth-order valence-electron chi connectivity index (χ4n) is 3.13. The van der Waals surface area contributed by atoms with Crippen LogP contribution in [0, 0.1) is 0 Å².